The second kappa shape index (κ2) is 17.5. The predicted molar refractivity (Wildman–Crippen MR) is 187 cm³/mol. The van der Waals surface area contributed by atoms with Gasteiger partial charge in [-0.05, 0) is 48.1 Å². The molecule has 3 amide bonds. The molecule has 48 heavy (non-hydrogen) atoms. The minimum atomic E-state index is -0.851. The van der Waals surface area contributed by atoms with Gasteiger partial charge in [0.25, 0.3) is 0 Å². The molecule has 5 rings (SSSR count). The molecule has 0 spiro atoms. The Morgan fingerprint density at radius 2 is 1.75 bits per heavy atom. The van der Waals surface area contributed by atoms with Crippen molar-refractivity contribution in [3.63, 3.8) is 0 Å². The zero-order valence-electron chi connectivity index (χ0n) is 27.0. The molecule has 0 radical (unpaired) electrons. The fraction of sp³-hybridized carbons (Fsp3) is 0.444. The van der Waals surface area contributed by atoms with E-state index in [0.29, 0.717) is 36.0 Å². The summed E-state index contributed by atoms with van der Waals surface area (Å²) in [5.74, 6) is -0.173. The summed E-state index contributed by atoms with van der Waals surface area (Å²) in [7, 11) is 0. The van der Waals surface area contributed by atoms with Gasteiger partial charge in [-0.1, -0.05) is 86.2 Å². The quantitative estimate of drug-likeness (QED) is 0.118. The lowest BCUT2D eigenvalue weighted by atomic mass is 9.85. The second-order valence-corrected chi connectivity index (χ2v) is 14.0. The number of nitrogens with one attached hydrogen (secondary N) is 3. The first-order valence-corrected chi connectivity index (χ1v) is 17.8. The number of hydrogen-bond acceptors (Lipinski definition) is 7. The molecule has 3 atom stereocenters. The van der Waals surface area contributed by atoms with Crippen molar-refractivity contribution in [1.29, 1.82) is 5.41 Å². The van der Waals surface area contributed by atoms with Gasteiger partial charge in [-0.15, -0.1) is 11.3 Å². The van der Waals surface area contributed by atoms with Crippen molar-refractivity contribution in [3.05, 3.63) is 92.6 Å². The van der Waals surface area contributed by atoms with Crippen LogP contribution in [-0.4, -0.2) is 53.4 Å². The second-order valence-electron chi connectivity index (χ2n) is 12.6. The van der Waals surface area contributed by atoms with Crippen molar-refractivity contribution >= 4 is 46.7 Å². The molecule has 1 saturated carbocycles. The normalized spacial score (nSPS) is 18.6. The lowest BCUT2D eigenvalue weighted by Crippen LogP contribution is -2.53. The molecular weight excluding hydrogens is 650 g/mol. The molecule has 1 aliphatic carbocycles. The van der Waals surface area contributed by atoms with Crippen LogP contribution in [0.25, 0.3) is 0 Å². The number of carbonyl (C=O) groups excluding carboxylic acids is 3. The Balaban J connectivity index is 1.29. The number of ether oxygens (including phenoxy) is 2. The molecule has 10 nitrogen and oxygen atoms in total. The van der Waals surface area contributed by atoms with Gasteiger partial charge in [-0.25, -0.2) is 4.79 Å². The molecule has 3 aromatic rings. The summed E-state index contributed by atoms with van der Waals surface area (Å²) in [4.78, 5) is 43.4. The van der Waals surface area contributed by atoms with Crippen LogP contribution in [-0.2, 0) is 38.8 Å². The average molecular weight is 694 g/mol. The van der Waals surface area contributed by atoms with E-state index < -0.39 is 24.3 Å². The van der Waals surface area contributed by atoms with Crippen LogP contribution >= 0.6 is 22.9 Å². The van der Waals surface area contributed by atoms with Crippen LogP contribution in [0.5, 0.6) is 0 Å². The number of benzene rings is 2. The highest BCUT2D eigenvalue weighted by Gasteiger charge is 2.42. The van der Waals surface area contributed by atoms with Crippen molar-refractivity contribution in [3.8, 4) is 0 Å². The van der Waals surface area contributed by atoms with Gasteiger partial charge < -0.3 is 30.7 Å². The van der Waals surface area contributed by atoms with Gasteiger partial charge in [-0.2, -0.15) is 0 Å². The van der Waals surface area contributed by atoms with Gasteiger partial charge in [0.2, 0.25) is 11.8 Å². The number of amidine groups is 1. The van der Waals surface area contributed by atoms with Crippen molar-refractivity contribution in [2.24, 2.45) is 11.7 Å². The van der Waals surface area contributed by atoms with Crippen LogP contribution in [0.1, 0.15) is 72.9 Å². The third-order valence-electron chi connectivity index (χ3n) is 9.04. The van der Waals surface area contributed by atoms with E-state index >= 15 is 0 Å². The Bertz CT molecular complexity index is 1530. The molecule has 2 heterocycles. The summed E-state index contributed by atoms with van der Waals surface area (Å²) in [6, 6.07) is 16.9. The maximum Gasteiger partial charge on any atom is 0.408 e. The summed E-state index contributed by atoms with van der Waals surface area (Å²) < 4.78 is 11.7. The molecule has 0 bridgehead atoms. The van der Waals surface area contributed by atoms with Crippen LogP contribution < -0.4 is 16.4 Å². The molecule has 1 saturated heterocycles. The van der Waals surface area contributed by atoms with E-state index in [1.807, 2.05) is 42.5 Å². The van der Waals surface area contributed by atoms with E-state index in [2.05, 4.69) is 10.6 Å². The topological polar surface area (TPSA) is 147 Å². The number of thiophene rings is 1. The Hall–Kier alpha value is -3.93. The summed E-state index contributed by atoms with van der Waals surface area (Å²) in [6.07, 6.45) is 6.30. The van der Waals surface area contributed by atoms with Crippen molar-refractivity contribution in [1.82, 2.24) is 15.5 Å². The minimum Gasteiger partial charge on any atom is -0.445 e. The third kappa shape index (κ3) is 10.3. The van der Waals surface area contributed by atoms with Gasteiger partial charge >= 0.3 is 6.09 Å². The number of amides is 3. The SMILES string of the molecule is N=C(N)c1csc(CNC(=O)[C@@H]2C[C@@H](OCc3ccc(Cl)cc3)CN2C(=O)[C@@H](CCC2CCCCC2)NC(=O)OCc2ccccc2)c1. The molecule has 0 unspecified atom stereocenters. The molecule has 1 aromatic heterocycles. The summed E-state index contributed by atoms with van der Waals surface area (Å²) in [6.45, 7) is 0.829. The van der Waals surface area contributed by atoms with Crippen LogP contribution in [0.4, 0.5) is 4.79 Å². The van der Waals surface area contributed by atoms with Crippen LogP contribution in [0, 0.1) is 11.3 Å². The molecule has 2 aliphatic rings. The molecule has 2 fully saturated rings. The lowest BCUT2D eigenvalue weighted by Gasteiger charge is -2.30. The first kappa shape index (κ1) is 35.4. The van der Waals surface area contributed by atoms with E-state index in [1.165, 1.54) is 30.6 Å². The highest BCUT2D eigenvalue weighted by molar-refractivity contribution is 7.10. The number of hydrogen-bond donors (Lipinski definition) is 4. The van der Waals surface area contributed by atoms with Crippen molar-refractivity contribution in [2.45, 2.75) is 89.3 Å². The number of nitrogens with zero attached hydrogens (tertiary/aromatic N) is 1. The first-order chi connectivity index (χ1) is 23.2. The Morgan fingerprint density at radius 3 is 2.46 bits per heavy atom. The third-order valence-corrected chi connectivity index (χ3v) is 10.2. The Labute approximate surface area is 290 Å². The van der Waals surface area contributed by atoms with E-state index in [-0.39, 0.29) is 37.3 Å². The number of likely N-dealkylation sites (tertiary alicyclic amines) is 1. The minimum absolute atomic E-state index is 0.0360. The highest BCUT2D eigenvalue weighted by Crippen LogP contribution is 2.29. The van der Waals surface area contributed by atoms with Crippen molar-refractivity contribution in [2.75, 3.05) is 6.54 Å². The molecule has 5 N–H and O–H groups in total. The summed E-state index contributed by atoms with van der Waals surface area (Å²) >= 11 is 7.44. The Kier molecular flexibility index (Phi) is 12.9. The lowest BCUT2D eigenvalue weighted by molar-refractivity contribution is -0.140. The van der Waals surface area contributed by atoms with E-state index in [9.17, 15) is 14.4 Å². The molecule has 12 heteroatoms. The van der Waals surface area contributed by atoms with Gasteiger partial charge in [0.05, 0.1) is 19.3 Å². The maximum absolute atomic E-state index is 14.3. The molecule has 1 aliphatic heterocycles. The molecule has 256 valence electrons. The largest absolute Gasteiger partial charge is 0.445 e. The molecule has 2 aromatic carbocycles. The standard InChI is InChI=1S/C36H44ClN5O5S/c37-28-14-11-26(12-15-28)21-46-29-18-32(34(43)40-19-30-17-27(23-48-30)33(38)39)42(20-29)35(44)31(16-13-24-7-3-1-4-8-24)41-36(45)47-22-25-9-5-2-6-10-25/h2,5-6,9-12,14-15,17,23-24,29,31-32H,1,3-4,7-8,13,16,18-22H2,(H3,38,39)(H,40,43)(H,41,45)/t29-,31-,32+/m1/s1. The van der Waals surface area contributed by atoms with Crippen LogP contribution in [0.15, 0.2) is 66.0 Å². The number of alkyl carbamates (subject to hydrolysis) is 1. The number of carbonyl (C=O) groups is 3. The number of halogens is 1. The van der Waals surface area contributed by atoms with Gasteiger partial charge in [0, 0.05) is 33.8 Å². The highest BCUT2D eigenvalue weighted by atomic mass is 35.5. The maximum atomic E-state index is 14.3. The van der Waals surface area contributed by atoms with Gasteiger partial charge in [0.1, 0.15) is 24.5 Å². The monoisotopic (exact) mass is 693 g/mol. The number of nitrogen functional groups attached to an aromatic ring is 1. The van der Waals surface area contributed by atoms with Crippen molar-refractivity contribution < 1.29 is 23.9 Å². The fourth-order valence-corrected chi connectivity index (χ4v) is 7.30. The summed E-state index contributed by atoms with van der Waals surface area (Å²) in [5, 5.41) is 15.9. The van der Waals surface area contributed by atoms with Gasteiger partial charge in [-0.3, -0.25) is 15.0 Å². The van der Waals surface area contributed by atoms with E-state index in [0.717, 1.165) is 35.3 Å². The predicted octanol–water partition coefficient (Wildman–Crippen LogP) is 6.14. The van der Waals surface area contributed by atoms with E-state index in [1.54, 1.807) is 28.5 Å². The number of rotatable bonds is 14. The smallest absolute Gasteiger partial charge is 0.408 e. The Morgan fingerprint density at radius 1 is 1.02 bits per heavy atom. The first-order valence-electron chi connectivity index (χ1n) is 16.6. The van der Waals surface area contributed by atoms with Gasteiger partial charge in [0.15, 0.2) is 0 Å². The van der Waals surface area contributed by atoms with Crippen LogP contribution in [0.2, 0.25) is 5.02 Å². The average Bonchev–Trinajstić information content (AvgIpc) is 3.77. The number of nitrogens with two attached hydrogens (primary N) is 1. The zero-order chi connectivity index (χ0) is 33.9. The summed E-state index contributed by atoms with van der Waals surface area (Å²) in [5.41, 5.74) is 7.98. The van der Waals surface area contributed by atoms with E-state index in [4.69, 9.17) is 32.2 Å². The molecular formula is C36H44ClN5O5S. The fourth-order valence-electron chi connectivity index (χ4n) is 6.35. The van der Waals surface area contributed by atoms with Crippen LogP contribution in [0.3, 0.4) is 0 Å². The zero-order valence-corrected chi connectivity index (χ0v) is 28.6.